The fourth-order valence-electron chi connectivity index (χ4n) is 3.19. The van der Waals surface area contributed by atoms with Crippen LogP contribution in [0.3, 0.4) is 0 Å². The zero-order valence-corrected chi connectivity index (χ0v) is 15.9. The normalized spacial score (nSPS) is 14.7. The summed E-state index contributed by atoms with van der Waals surface area (Å²) in [5.74, 6) is 0.105. The van der Waals surface area contributed by atoms with E-state index in [2.05, 4.69) is 10.3 Å². The van der Waals surface area contributed by atoms with Crippen LogP contribution in [0.4, 0.5) is 5.69 Å². The van der Waals surface area contributed by atoms with Crippen LogP contribution in [0.1, 0.15) is 28.8 Å². The van der Waals surface area contributed by atoms with E-state index in [1.807, 2.05) is 4.90 Å². The Balaban J connectivity index is 1.41. The fraction of sp³-hybridized carbons (Fsp3) is 0.286. The van der Waals surface area contributed by atoms with Crippen molar-refractivity contribution >= 4 is 23.6 Å². The average Bonchev–Trinajstić information content (AvgIpc) is 2.77. The van der Waals surface area contributed by atoms with Gasteiger partial charge in [-0.1, -0.05) is 0 Å². The molecule has 2 heterocycles. The van der Waals surface area contributed by atoms with Crippen LogP contribution in [-0.4, -0.2) is 46.3 Å². The summed E-state index contributed by atoms with van der Waals surface area (Å²) in [6.45, 7) is 1.87. The highest BCUT2D eigenvalue weighted by Gasteiger charge is 2.23. The summed E-state index contributed by atoms with van der Waals surface area (Å²) in [6, 6.07) is 9.50. The third-order valence-corrected chi connectivity index (χ3v) is 4.91. The number of hydrogen-bond donors (Lipinski definition) is 1. The lowest BCUT2D eigenvalue weighted by atomic mass is 9.96. The molecule has 8 heteroatoms. The van der Waals surface area contributed by atoms with E-state index < -0.39 is 4.92 Å². The number of rotatable bonds is 6. The summed E-state index contributed by atoms with van der Waals surface area (Å²) in [4.78, 5) is 40.4. The first-order valence-corrected chi connectivity index (χ1v) is 9.42. The number of aromatic nitrogens is 1. The first-order chi connectivity index (χ1) is 14.0. The van der Waals surface area contributed by atoms with Crippen molar-refractivity contribution in [3.05, 3.63) is 76.1 Å². The number of non-ortho nitro benzene ring substituents is 1. The minimum Gasteiger partial charge on any atom is -0.352 e. The first-order valence-electron chi connectivity index (χ1n) is 9.42. The van der Waals surface area contributed by atoms with Crippen LogP contribution >= 0.6 is 0 Å². The molecule has 1 N–H and O–H groups in total. The van der Waals surface area contributed by atoms with Crippen LogP contribution in [0.15, 0.2) is 54.9 Å². The lowest BCUT2D eigenvalue weighted by molar-refractivity contribution is -0.384. The van der Waals surface area contributed by atoms with Crippen LogP contribution < -0.4 is 5.32 Å². The van der Waals surface area contributed by atoms with Gasteiger partial charge in [0.25, 0.3) is 11.6 Å². The van der Waals surface area contributed by atoms with Crippen molar-refractivity contribution in [1.29, 1.82) is 0 Å². The quantitative estimate of drug-likeness (QED) is 0.461. The highest BCUT2D eigenvalue weighted by Crippen LogP contribution is 2.18. The Morgan fingerprint density at radius 3 is 2.55 bits per heavy atom. The zero-order valence-electron chi connectivity index (χ0n) is 15.9. The lowest BCUT2D eigenvalue weighted by Crippen LogP contribution is -2.41. The van der Waals surface area contributed by atoms with Crippen molar-refractivity contribution in [2.75, 3.05) is 19.6 Å². The highest BCUT2D eigenvalue weighted by molar-refractivity contribution is 5.94. The van der Waals surface area contributed by atoms with Crippen molar-refractivity contribution in [2.24, 2.45) is 5.92 Å². The molecule has 0 atom stereocenters. The average molecular weight is 394 g/mol. The number of nitro benzene ring substituents is 1. The van der Waals surface area contributed by atoms with Gasteiger partial charge in [0.15, 0.2) is 0 Å². The van der Waals surface area contributed by atoms with Gasteiger partial charge in [-0.15, -0.1) is 0 Å². The van der Waals surface area contributed by atoms with Crippen LogP contribution in [0.25, 0.3) is 6.08 Å². The molecular weight excluding hydrogens is 372 g/mol. The Bertz CT molecular complexity index is 889. The number of nitrogens with zero attached hydrogens (tertiary/aromatic N) is 3. The van der Waals surface area contributed by atoms with Crippen LogP contribution in [0, 0.1) is 16.0 Å². The smallest absolute Gasteiger partial charge is 0.269 e. The van der Waals surface area contributed by atoms with Gasteiger partial charge in [-0.05, 0) is 54.7 Å². The van der Waals surface area contributed by atoms with E-state index in [1.165, 1.54) is 18.2 Å². The second-order valence-corrected chi connectivity index (χ2v) is 6.90. The summed E-state index contributed by atoms with van der Waals surface area (Å²) < 4.78 is 0. The predicted molar refractivity (Wildman–Crippen MR) is 108 cm³/mol. The van der Waals surface area contributed by atoms with Crippen molar-refractivity contribution in [1.82, 2.24) is 15.2 Å². The lowest BCUT2D eigenvalue weighted by Gasteiger charge is -2.32. The van der Waals surface area contributed by atoms with E-state index in [1.54, 1.807) is 42.7 Å². The molecule has 0 radical (unpaired) electrons. The Kier molecular flexibility index (Phi) is 6.67. The number of amides is 2. The number of carbonyl (C=O) groups is 2. The van der Waals surface area contributed by atoms with Gasteiger partial charge in [-0.25, -0.2) is 0 Å². The second kappa shape index (κ2) is 9.59. The molecule has 2 amide bonds. The number of piperidine rings is 1. The largest absolute Gasteiger partial charge is 0.352 e. The molecule has 150 valence electrons. The summed E-state index contributed by atoms with van der Waals surface area (Å²) >= 11 is 0. The molecule has 0 saturated carbocycles. The zero-order chi connectivity index (χ0) is 20.6. The molecule has 0 spiro atoms. The maximum atomic E-state index is 12.4. The number of nitro groups is 1. The number of pyridine rings is 1. The molecule has 1 aromatic carbocycles. The molecule has 1 aliphatic rings. The van der Waals surface area contributed by atoms with Gasteiger partial charge in [-0.2, -0.15) is 0 Å². The van der Waals surface area contributed by atoms with E-state index >= 15 is 0 Å². The third kappa shape index (κ3) is 5.71. The van der Waals surface area contributed by atoms with Crippen molar-refractivity contribution < 1.29 is 14.5 Å². The van der Waals surface area contributed by atoms with Crippen molar-refractivity contribution in [2.45, 2.75) is 12.8 Å². The monoisotopic (exact) mass is 394 g/mol. The number of likely N-dealkylation sites (tertiary alicyclic amines) is 1. The maximum Gasteiger partial charge on any atom is 0.269 e. The molecule has 8 nitrogen and oxygen atoms in total. The summed E-state index contributed by atoms with van der Waals surface area (Å²) in [7, 11) is 0. The Hall–Kier alpha value is -3.55. The molecule has 0 bridgehead atoms. The van der Waals surface area contributed by atoms with Gasteiger partial charge < -0.3 is 10.2 Å². The SMILES string of the molecule is O=C(/C=C/c1ccc([N+](=O)[O-])cc1)NCC1CCN(C(=O)c2cccnc2)CC1. The van der Waals surface area contributed by atoms with Crippen LogP contribution in [-0.2, 0) is 4.79 Å². The summed E-state index contributed by atoms with van der Waals surface area (Å²) in [6.07, 6.45) is 7.92. The minimum absolute atomic E-state index is 0.00776. The second-order valence-electron chi connectivity index (χ2n) is 6.90. The Morgan fingerprint density at radius 2 is 1.93 bits per heavy atom. The first kappa shape index (κ1) is 20.2. The molecule has 1 aliphatic heterocycles. The van der Waals surface area contributed by atoms with E-state index in [0.29, 0.717) is 36.7 Å². The molecule has 3 rings (SSSR count). The van der Waals surface area contributed by atoms with Crippen LogP contribution in [0.5, 0.6) is 0 Å². The van der Waals surface area contributed by atoms with E-state index in [9.17, 15) is 19.7 Å². The Labute approximate surface area is 168 Å². The highest BCUT2D eigenvalue weighted by atomic mass is 16.6. The maximum absolute atomic E-state index is 12.4. The van der Waals surface area contributed by atoms with Crippen molar-refractivity contribution in [3.63, 3.8) is 0 Å². The van der Waals surface area contributed by atoms with Gasteiger partial charge in [0, 0.05) is 50.2 Å². The number of benzene rings is 1. The number of hydrogen-bond acceptors (Lipinski definition) is 5. The third-order valence-electron chi connectivity index (χ3n) is 4.91. The molecule has 29 heavy (non-hydrogen) atoms. The fourth-order valence-corrected chi connectivity index (χ4v) is 3.19. The van der Waals surface area contributed by atoms with E-state index in [-0.39, 0.29) is 17.5 Å². The van der Waals surface area contributed by atoms with Gasteiger partial charge in [-0.3, -0.25) is 24.7 Å². The summed E-state index contributed by atoms with van der Waals surface area (Å²) in [5, 5.41) is 13.5. The molecule has 0 aliphatic carbocycles. The van der Waals surface area contributed by atoms with Gasteiger partial charge in [0.1, 0.15) is 0 Å². The molecule has 1 fully saturated rings. The standard InChI is InChI=1S/C21H22N4O4/c26-20(8-5-16-3-6-19(7-4-16)25(28)29)23-14-17-9-12-24(13-10-17)21(27)18-2-1-11-22-15-18/h1-8,11,15,17H,9-10,12-14H2,(H,23,26)/b8-5+. The number of nitrogens with one attached hydrogen (secondary N) is 1. The van der Waals surface area contributed by atoms with E-state index in [4.69, 9.17) is 0 Å². The Morgan fingerprint density at radius 1 is 1.21 bits per heavy atom. The molecule has 0 unspecified atom stereocenters. The molecular formula is C21H22N4O4. The van der Waals surface area contributed by atoms with Gasteiger partial charge in [0.05, 0.1) is 10.5 Å². The van der Waals surface area contributed by atoms with Crippen molar-refractivity contribution in [3.8, 4) is 0 Å². The minimum atomic E-state index is -0.462. The number of carbonyl (C=O) groups excluding carboxylic acids is 2. The summed E-state index contributed by atoms with van der Waals surface area (Å²) in [5.41, 5.74) is 1.32. The molecule has 2 aromatic rings. The van der Waals surface area contributed by atoms with Gasteiger partial charge in [0.2, 0.25) is 5.91 Å². The molecule has 1 saturated heterocycles. The molecule has 1 aromatic heterocycles. The topological polar surface area (TPSA) is 105 Å². The van der Waals surface area contributed by atoms with Crippen LogP contribution in [0.2, 0.25) is 0 Å². The predicted octanol–water partition coefficient (Wildman–Crippen LogP) is 2.67. The van der Waals surface area contributed by atoms with E-state index in [0.717, 1.165) is 12.8 Å². The van der Waals surface area contributed by atoms with Gasteiger partial charge >= 0.3 is 0 Å².